The second kappa shape index (κ2) is 5.01. The third kappa shape index (κ3) is 2.70. The Morgan fingerprint density at radius 1 is 1.48 bits per heavy atom. The molecule has 1 aromatic carbocycles. The minimum Gasteiger partial charge on any atom is -0.469 e. The highest BCUT2D eigenvalue weighted by atomic mass is 19.4. The van der Waals surface area contributed by atoms with Crippen LogP contribution in [0.15, 0.2) is 24.3 Å². The Kier molecular flexibility index (Phi) is 3.65. The van der Waals surface area contributed by atoms with Crippen LogP contribution >= 0.6 is 0 Å². The fourth-order valence-electron chi connectivity index (χ4n) is 2.63. The molecular weight excluding hydrogens is 291 g/mol. The van der Waals surface area contributed by atoms with E-state index in [9.17, 15) is 28.1 Å². The number of alkyl halides is 3. The molecule has 2 atom stereocenters. The Balaban J connectivity index is 2.50. The molecular formula is C13H12F3NO4. The van der Waals surface area contributed by atoms with Crippen molar-refractivity contribution in [2.45, 2.75) is 30.5 Å². The van der Waals surface area contributed by atoms with E-state index in [0.29, 0.717) is 0 Å². The number of ether oxygens (including phenoxy) is 1. The van der Waals surface area contributed by atoms with E-state index in [1.165, 1.54) is 18.2 Å². The van der Waals surface area contributed by atoms with E-state index in [0.717, 1.165) is 13.2 Å². The molecule has 1 aliphatic rings. The first-order chi connectivity index (χ1) is 9.72. The van der Waals surface area contributed by atoms with Gasteiger partial charge in [-0.05, 0) is 11.6 Å². The van der Waals surface area contributed by atoms with Gasteiger partial charge in [0.2, 0.25) is 6.04 Å². The molecule has 1 aliphatic carbocycles. The van der Waals surface area contributed by atoms with Gasteiger partial charge < -0.3 is 4.74 Å². The third-order valence-corrected chi connectivity index (χ3v) is 3.75. The van der Waals surface area contributed by atoms with Crippen molar-refractivity contribution >= 4 is 5.97 Å². The lowest BCUT2D eigenvalue weighted by molar-refractivity contribution is -0.499. The summed E-state index contributed by atoms with van der Waals surface area (Å²) in [4.78, 5) is 21.8. The van der Waals surface area contributed by atoms with Crippen LogP contribution in [0, 0.1) is 10.1 Å². The van der Waals surface area contributed by atoms with Gasteiger partial charge in [-0.25, -0.2) is 0 Å². The van der Waals surface area contributed by atoms with Crippen molar-refractivity contribution in [2.75, 3.05) is 7.11 Å². The maximum atomic E-state index is 13.1. The highest BCUT2D eigenvalue weighted by molar-refractivity contribution is 5.73. The van der Waals surface area contributed by atoms with Crippen molar-refractivity contribution < 1.29 is 27.6 Å². The molecule has 114 valence electrons. The van der Waals surface area contributed by atoms with Crippen LogP contribution in [-0.2, 0) is 21.1 Å². The maximum Gasteiger partial charge on any atom is 0.416 e. The summed E-state index contributed by atoms with van der Waals surface area (Å²) in [7, 11) is 1.09. The minimum atomic E-state index is -4.64. The van der Waals surface area contributed by atoms with Gasteiger partial charge in [-0.1, -0.05) is 18.2 Å². The van der Waals surface area contributed by atoms with Crippen LogP contribution in [0.5, 0.6) is 0 Å². The molecule has 0 saturated heterocycles. The molecule has 1 aromatic rings. The van der Waals surface area contributed by atoms with Gasteiger partial charge in [-0.3, -0.25) is 14.9 Å². The van der Waals surface area contributed by atoms with Gasteiger partial charge >= 0.3 is 12.1 Å². The largest absolute Gasteiger partial charge is 0.469 e. The molecule has 0 bridgehead atoms. The van der Waals surface area contributed by atoms with Crippen molar-refractivity contribution in [3.63, 3.8) is 0 Å². The minimum absolute atomic E-state index is 0.109. The van der Waals surface area contributed by atoms with Crippen molar-refractivity contribution in [1.82, 2.24) is 0 Å². The molecule has 0 spiro atoms. The second-order valence-corrected chi connectivity index (χ2v) is 4.96. The molecule has 0 heterocycles. The van der Waals surface area contributed by atoms with Crippen molar-refractivity contribution in [3.8, 4) is 0 Å². The average molecular weight is 303 g/mol. The number of nitro groups is 1. The number of carbonyl (C=O) groups is 1. The number of hydrogen-bond donors (Lipinski definition) is 0. The first-order valence-corrected chi connectivity index (χ1v) is 6.09. The summed E-state index contributed by atoms with van der Waals surface area (Å²) in [5.41, 5.74) is -2.61. The van der Waals surface area contributed by atoms with Gasteiger partial charge in [-0.2, -0.15) is 13.2 Å². The smallest absolute Gasteiger partial charge is 0.416 e. The van der Waals surface area contributed by atoms with Crippen LogP contribution in [0.4, 0.5) is 13.2 Å². The van der Waals surface area contributed by atoms with Gasteiger partial charge in [0.1, 0.15) is 0 Å². The van der Waals surface area contributed by atoms with Crippen molar-refractivity contribution in [1.29, 1.82) is 0 Å². The normalized spacial score (nSPS) is 24.5. The molecule has 0 aliphatic heterocycles. The highest BCUT2D eigenvalue weighted by Gasteiger charge is 2.67. The molecule has 2 unspecified atom stereocenters. The fourth-order valence-corrected chi connectivity index (χ4v) is 2.63. The standard InChI is InChI=1S/C13H12F3NO4/c1-21-11(18)7-12(6-10(12)17(19)20)8-4-2-3-5-9(8)13(14,15)16/h2-5,10H,6-7H2,1H3. The molecule has 1 fully saturated rings. The van der Waals surface area contributed by atoms with E-state index in [1.54, 1.807) is 0 Å². The van der Waals surface area contributed by atoms with Crippen molar-refractivity contribution in [3.05, 3.63) is 45.5 Å². The number of rotatable bonds is 4. The lowest BCUT2D eigenvalue weighted by Crippen LogP contribution is -2.26. The number of nitrogens with zero attached hydrogens (tertiary/aromatic N) is 1. The predicted octanol–water partition coefficient (Wildman–Crippen LogP) is 2.56. The summed E-state index contributed by atoms with van der Waals surface area (Å²) < 4.78 is 43.7. The Morgan fingerprint density at radius 3 is 2.57 bits per heavy atom. The Labute approximate surface area is 117 Å². The molecule has 1 saturated carbocycles. The van der Waals surface area contributed by atoms with Crippen LogP contribution in [-0.4, -0.2) is 24.0 Å². The van der Waals surface area contributed by atoms with Gasteiger partial charge in [-0.15, -0.1) is 0 Å². The molecule has 5 nitrogen and oxygen atoms in total. The first kappa shape index (κ1) is 15.3. The topological polar surface area (TPSA) is 69.4 Å². The zero-order valence-corrected chi connectivity index (χ0v) is 11.0. The lowest BCUT2D eigenvalue weighted by Gasteiger charge is -2.19. The molecule has 0 aromatic heterocycles. The summed E-state index contributed by atoms with van der Waals surface area (Å²) in [5, 5.41) is 11.0. The van der Waals surface area contributed by atoms with E-state index >= 15 is 0 Å². The van der Waals surface area contributed by atoms with E-state index in [1.807, 2.05) is 0 Å². The van der Waals surface area contributed by atoms with Crippen LogP contribution < -0.4 is 0 Å². The van der Waals surface area contributed by atoms with Gasteiger partial charge in [0.05, 0.1) is 24.5 Å². The monoisotopic (exact) mass is 303 g/mol. The fraction of sp³-hybridized carbons (Fsp3) is 0.462. The number of esters is 1. The summed E-state index contributed by atoms with van der Waals surface area (Å²) >= 11 is 0. The molecule has 21 heavy (non-hydrogen) atoms. The van der Waals surface area contributed by atoms with Gasteiger partial charge in [0.15, 0.2) is 0 Å². The lowest BCUT2D eigenvalue weighted by atomic mass is 9.87. The molecule has 2 rings (SSSR count). The second-order valence-electron chi connectivity index (χ2n) is 4.96. The van der Waals surface area contributed by atoms with Gasteiger partial charge in [0, 0.05) is 11.3 Å². The van der Waals surface area contributed by atoms with Gasteiger partial charge in [0.25, 0.3) is 0 Å². The van der Waals surface area contributed by atoms with Crippen LogP contribution in [0.3, 0.4) is 0 Å². The van der Waals surface area contributed by atoms with E-state index in [-0.39, 0.29) is 12.0 Å². The zero-order chi connectivity index (χ0) is 15.8. The number of hydrogen-bond acceptors (Lipinski definition) is 4. The zero-order valence-electron chi connectivity index (χ0n) is 11.0. The SMILES string of the molecule is COC(=O)CC1(c2ccccc2C(F)(F)F)CC1[N+](=O)[O-]. The highest BCUT2D eigenvalue weighted by Crippen LogP contribution is 2.55. The molecule has 8 heteroatoms. The molecule has 0 radical (unpaired) electrons. The van der Waals surface area contributed by atoms with E-state index in [4.69, 9.17) is 0 Å². The number of benzene rings is 1. The van der Waals surface area contributed by atoms with Crippen molar-refractivity contribution in [2.24, 2.45) is 0 Å². The molecule has 0 N–H and O–H groups in total. The van der Waals surface area contributed by atoms with Crippen LogP contribution in [0.1, 0.15) is 24.0 Å². The average Bonchev–Trinajstić information content (AvgIpc) is 3.13. The Hall–Kier alpha value is -2.12. The Bertz CT molecular complexity index is 587. The summed E-state index contributed by atoms with van der Waals surface area (Å²) in [5.74, 6) is -0.767. The quantitative estimate of drug-likeness (QED) is 0.487. The first-order valence-electron chi connectivity index (χ1n) is 6.09. The number of halogens is 3. The summed E-state index contributed by atoms with van der Waals surface area (Å²) in [6.07, 6.45) is -5.19. The summed E-state index contributed by atoms with van der Waals surface area (Å²) in [6.45, 7) is 0. The number of carbonyl (C=O) groups excluding carboxylic acids is 1. The summed E-state index contributed by atoms with van der Waals surface area (Å²) in [6, 6.07) is 3.43. The molecule has 0 amide bonds. The maximum absolute atomic E-state index is 13.1. The third-order valence-electron chi connectivity index (χ3n) is 3.75. The van der Waals surface area contributed by atoms with E-state index in [2.05, 4.69) is 4.74 Å². The van der Waals surface area contributed by atoms with Crippen LogP contribution in [0.25, 0.3) is 0 Å². The van der Waals surface area contributed by atoms with E-state index < -0.39 is 40.5 Å². The van der Waals surface area contributed by atoms with Crippen LogP contribution in [0.2, 0.25) is 0 Å². The predicted molar refractivity (Wildman–Crippen MR) is 65.2 cm³/mol. The number of methoxy groups -OCH3 is 1. The Morgan fingerprint density at radius 2 is 2.10 bits per heavy atom.